The average molecular weight is 445 g/mol. The highest BCUT2D eigenvalue weighted by Gasteiger charge is 2.24. The molecule has 1 fully saturated rings. The van der Waals surface area contributed by atoms with Crippen LogP contribution in [0.1, 0.15) is 35.7 Å². The van der Waals surface area contributed by atoms with E-state index in [4.69, 9.17) is 0 Å². The first-order valence-electron chi connectivity index (χ1n) is 10.2. The fourth-order valence-electron chi connectivity index (χ4n) is 3.72. The number of carbonyl (C=O) groups excluding carboxylic acids is 2. The van der Waals surface area contributed by atoms with Gasteiger partial charge in [-0.05, 0) is 43.1 Å². The van der Waals surface area contributed by atoms with Gasteiger partial charge in [0.05, 0.1) is 17.5 Å². The van der Waals surface area contributed by atoms with E-state index in [0.717, 1.165) is 32.2 Å². The molecule has 0 radical (unpaired) electrons. The van der Waals surface area contributed by atoms with Crippen molar-refractivity contribution in [1.29, 1.82) is 0 Å². The first kappa shape index (κ1) is 22.8. The lowest BCUT2D eigenvalue weighted by Gasteiger charge is -2.33. The van der Waals surface area contributed by atoms with Crippen LogP contribution >= 0.6 is 0 Å². The Balaban J connectivity index is 1.73. The summed E-state index contributed by atoms with van der Waals surface area (Å²) in [6, 6.07) is 14.6. The third-order valence-corrected chi connectivity index (χ3v) is 5.56. The molecule has 1 unspecified atom stereocenters. The molecule has 166 valence electrons. The summed E-state index contributed by atoms with van der Waals surface area (Å²) in [5.74, 6) is -0.663. The Labute approximate surface area is 183 Å². The minimum absolute atomic E-state index is 0.0551. The number of sulfonamides is 1. The second kappa shape index (κ2) is 9.93. The number of rotatable bonds is 7. The highest BCUT2D eigenvalue weighted by molar-refractivity contribution is 7.92. The zero-order chi connectivity index (χ0) is 22.4. The Hall–Kier alpha value is -2.91. The Morgan fingerprint density at radius 1 is 1.13 bits per heavy atom. The topological polar surface area (TPSA) is 108 Å². The van der Waals surface area contributed by atoms with Gasteiger partial charge in [0.1, 0.15) is 0 Å². The number of hydrogen-bond donors (Lipinski definition) is 3. The van der Waals surface area contributed by atoms with Crippen molar-refractivity contribution >= 4 is 33.2 Å². The number of likely N-dealkylation sites (tertiary alicyclic amines) is 1. The summed E-state index contributed by atoms with van der Waals surface area (Å²) in [6.45, 7) is 3.85. The van der Waals surface area contributed by atoms with Crippen LogP contribution in [0.3, 0.4) is 0 Å². The number of hydrogen-bond acceptors (Lipinski definition) is 5. The molecule has 9 heteroatoms. The number of anilines is 2. The molecule has 1 saturated heterocycles. The maximum atomic E-state index is 13.0. The average Bonchev–Trinajstić information content (AvgIpc) is 2.68. The highest BCUT2D eigenvalue weighted by Crippen LogP contribution is 2.23. The molecule has 0 aliphatic carbocycles. The van der Waals surface area contributed by atoms with Gasteiger partial charge in [-0.15, -0.1) is 0 Å². The second-order valence-electron chi connectivity index (χ2n) is 7.85. The normalized spacial score (nSPS) is 17.0. The van der Waals surface area contributed by atoms with Crippen LogP contribution in [-0.4, -0.2) is 50.5 Å². The Morgan fingerprint density at radius 2 is 1.87 bits per heavy atom. The van der Waals surface area contributed by atoms with Crippen molar-refractivity contribution < 1.29 is 18.0 Å². The standard InChI is InChI=1S/C22H28N4O4S/c1-16(27)23-18-10-11-21(25-31(2,29)30)20(13-18)22(28)24-19-9-6-12-26(15-19)14-17-7-4-3-5-8-17/h3-5,7-8,10-11,13,19,25H,6,9,12,14-15H2,1-2H3,(H,23,27)(H,24,28). The Morgan fingerprint density at radius 3 is 2.55 bits per heavy atom. The first-order chi connectivity index (χ1) is 14.7. The van der Waals surface area contributed by atoms with Crippen molar-refractivity contribution in [2.24, 2.45) is 0 Å². The summed E-state index contributed by atoms with van der Waals surface area (Å²) in [4.78, 5) is 26.7. The predicted octanol–water partition coefficient (Wildman–Crippen LogP) is 2.41. The van der Waals surface area contributed by atoms with E-state index in [9.17, 15) is 18.0 Å². The molecule has 8 nitrogen and oxygen atoms in total. The monoisotopic (exact) mass is 444 g/mol. The summed E-state index contributed by atoms with van der Waals surface area (Å²) >= 11 is 0. The summed E-state index contributed by atoms with van der Waals surface area (Å²) < 4.78 is 25.8. The molecule has 0 bridgehead atoms. The van der Waals surface area contributed by atoms with Gasteiger partial charge >= 0.3 is 0 Å². The lowest BCUT2D eigenvalue weighted by molar-refractivity contribution is -0.114. The molecule has 1 aliphatic heterocycles. The van der Waals surface area contributed by atoms with Crippen LogP contribution in [-0.2, 0) is 21.4 Å². The lowest BCUT2D eigenvalue weighted by Crippen LogP contribution is -2.47. The van der Waals surface area contributed by atoms with E-state index in [1.807, 2.05) is 18.2 Å². The summed E-state index contributed by atoms with van der Waals surface area (Å²) in [7, 11) is -3.57. The van der Waals surface area contributed by atoms with Gasteiger partial charge in [0.15, 0.2) is 0 Å². The molecule has 0 spiro atoms. The van der Waals surface area contributed by atoms with Crippen LogP contribution in [0.15, 0.2) is 48.5 Å². The molecular formula is C22H28N4O4S. The van der Waals surface area contributed by atoms with Gasteiger partial charge in [-0.1, -0.05) is 30.3 Å². The summed E-state index contributed by atoms with van der Waals surface area (Å²) in [6.07, 6.45) is 2.83. The molecule has 3 rings (SSSR count). The van der Waals surface area contributed by atoms with Gasteiger partial charge < -0.3 is 10.6 Å². The number of piperidine rings is 1. The largest absolute Gasteiger partial charge is 0.348 e. The van der Waals surface area contributed by atoms with E-state index in [0.29, 0.717) is 12.2 Å². The van der Waals surface area contributed by atoms with Gasteiger partial charge in [-0.2, -0.15) is 0 Å². The zero-order valence-electron chi connectivity index (χ0n) is 17.7. The van der Waals surface area contributed by atoms with E-state index >= 15 is 0 Å². The molecule has 1 atom stereocenters. The van der Waals surface area contributed by atoms with Gasteiger partial charge in [-0.25, -0.2) is 8.42 Å². The number of amides is 2. The van der Waals surface area contributed by atoms with Crippen molar-refractivity contribution in [1.82, 2.24) is 10.2 Å². The van der Waals surface area contributed by atoms with Gasteiger partial charge in [0.2, 0.25) is 15.9 Å². The molecule has 3 N–H and O–H groups in total. The third-order valence-electron chi connectivity index (χ3n) is 4.97. The van der Waals surface area contributed by atoms with E-state index in [1.54, 1.807) is 6.07 Å². The second-order valence-corrected chi connectivity index (χ2v) is 9.60. The number of nitrogens with zero attached hydrogens (tertiary/aromatic N) is 1. The molecule has 2 amide bonds. The smallest absolute Gasteiger partial charge is 0.253 e. The first-order valence-corrected chi connectivity index (χ1v) is 12.1. The fourth-order valence-corrected chi connectivity index (χ4v) is 4.30. The van der Waals surface area contributed by atoms with Crippen LogP contribution in [0.25, 0.3) is 0 Å². The molecule has 0 saturated carbocycles. The van der Waals surface area contributed by atoms with Gasteiger partial charge in [0, 0.05) is 31.7 Å². The van der Waals surface area contributed by atoms with Crippen molar-refractivity contribution in [3.8, 4) is 0 Å². The number of benzene rings is 2. The van der Waals surface area contributed by atoms with Crippen molar-refractivity contribution in [3.05, 3.63) is 59.7 Å². The Bertz CT molecular complexity index is 1040. The molecule has 0 aromatic heterocycles. The predicted molar refractivity (Wildman–Crippen MR) is 121 cm³/mol. The van der Waals surface area contributed by atoms with Crippen LogP contribution in [0, 0.1) is 0 Å². The van der Waals surface area contributed by atoms with E-state index in [2.05, 4.69) is 32.4 Å². The van der Waals surface area contributed by atoms with Gasteiger partial charge in [-0.3, -0.25) is 19.2 Å². The van der Waals surface area contributed by atoms with Crippen LogP contribution < -0.4 is 15.4 Å². The minimum atomic E-state index is -3.57. The highest BCUT2D eigenvalue weighted by atomic mass is 32.2. The van der Waals surface area contributed by atoms with Crippen molar-refractivity contribution in [2.75, 3.05) is 29.4 Å². The molecule has 2 aromatic rings. The minimum Gasteiger partial charge on any atom is -0.348 e. The summed E-state index contributed by atoms with van der Waals surface area (Å²) in [5.41, 5.74) is 1.98. The molecule has 1 heterocycles. The van der Waals surface area contributed by atoms with E-state index < -0.39 is 10.0 Å². The number of carbonyl (C=O) groups is 2. The van der Waals surface area contributed by atoms with E-state index in [1.165, 1.54) is 24.6 Å². The van der Waals surface area contributed by atoms with Crippen LogP contribution in [0.5, 0.6) is 0 Å². The molecule has 2 aromatic carbocycles. The Kier molecular flexibility index (Phi) is 7.29. The van der Waals surface area contributed by atoms with Crippen LogP contribution in [0.4, 0.5) is 11.4 Å². The third kappa shape index (κ3) is 7.08. The van der Waals surface area contributed by atoms with Crippen LogP contribution in [0.2, 0.25) is 0 Å². The number of nitrogens with one attached hydrogen (secondary N) is 3. The van der Waals surface area contributed by atoms with Crippen molar-refractivity contribution in [2.45, 2.75) is 32.4 Å². The SMILES string of the molecule is CC(=O)Nc1ccc(NS(C)(=O)=O)c(C(=O)NC2CCCN(Cc3ccccc3)C2)c1. The zero-order valence-corrected chi connectivity index (χ0v) is 18.5. The summed E-state index contributed by atoms with van der Waals surface area (Å²) in [5, 5.41) is 5.65. The lowest BCUT2D eigenvalue weighted by atomic mass is 10.0. The maximum absolute atomic E-state index is 13.0. The molecular weight excluding hydrogens is 416 g/mol. The molecule has 31 heavy (non-hydrogen) atoms. The van der Waals surface area contributed by atoms with E-state index in [-0.39, 0.29) is 29.1 Å². The van der Waals surface area contributed by atoms with Crippen molar-refractivity contribution in [3.63, 3.8) is 0 Å². The maximum Gasteiger partial charge on any atom is 0.253 e. The fraction of sp³-hybridized carbons (Fsp3) is 0.364. The molecule has 1 aliphatic rings. The van der Waals surface area contributed by atoms with Gasteiger partial charge in [0.25, 0.3) is 5.91 Å². The quantitative estimate of drug-likeness (QED) is 0.608.